The number of piperidine rings is 1. The third kappa shape index (κ3) is 3.69. The van der Waals surface area contributed by atoms with Crippen molar-refractivity contribution in [2.45, 2.75) is 12.6 Å². The molecule has 1 saturated carbocycles. The maximum atomic E-state index is 13.0. The summed E-state index contributed by atoms with van der Waals surface area (Å²) in [6.07, 6.45) is 1.78. The molecule has 0 spiro atoms. The highest BCUT2D eigenvalue weighted by Crippen LogP contribution is 2.47. The summed E-state index contributed by atoms with van der Waals surface area (Å²) < 4.78 is 1.58. The molecule has 2 unspecified atom stereocenters. The molecule has 2 aliphatic rings. The van der Waals surface area contributed by atoms with Crippen LogP contribution in [0, 0.1) is 11.8 Å². The van der Waals surface area contributed by atoms with E-state index in [2.05, 4.69) is 50.5 Å². The average molecular weight is 458 g/mol. The van der Waals surface area contributed by atoms with Crippen LogP contribution < -0.4 is 10.9 Å². The number of fused-ring (bicyclic) bond motifs is 2. The molecule has 2 fully saturated rings. The summed E-state index contributed by atoms with van der Waals surface area (Å²) in [5.41, 5.74) is 3.12. The highest BCUT2D eigenvalue weighted by Gasteiger charge is 2.55. The van der Waals surface area contributed by atoms with Crippen molar-refractivity contribution in [3.8, 4) is 11.1 Å². The molecular weight excluding hydrogens is 434 g/mol. The van der Waals surface area contributed by atoms with Crippen molar-refractivity contribution in [3.05, 3.63) is 87.8 Å². The van der Waals surface area contributed by atoms with Crippen LogP contribution in [0.1, 0.15) is 5.56 Å². The highest BCUT2D eigenvalue weighted by molar-refractivity contribution is 6.33. The first kappa shape index (κ1) is 20.4. The van der Waals surface area contributed by atoms with Gasteiger partial charge in [-0.2, -0.15) is 4.98 Å². The van der Waals surface area contributed by atoms with Crippen molar-refractivity contribution in [1.29, 1.82) is 0 Å². The highest BCUT2D eigenvalue weighted by atomic mass is 35.5. The third-order valence-corrected chi connectivity index (χ3v) is 7.26. The van der Waals surface area contributed by atoms with Gasteiger partial charge in [0.2, 0.25) is 5.95 Å². The maximum absolute atomic E-state index is 13.0. The second-order valence-electron chi connectivity index (χ2n) is 9.05. The summed E-state index contributed by atoms with van der Waals surface area (Å²) in [5.74, 6) is 1.83. The van der Waals surface area contributed by atoms with Gasteiger partial charge in [0, 0.05) is 60.5 Å². The minimum absolute atomic E-state index is 0.125. The normalized spacial score (nSPS) is 21.8. The first-order valence-corrected chi connectivity index (χ1v) is 11.6. The lowest BCUT2D eigenvalue weighted by Crippen LogP contribution is -2.28. The molecule has 6 rings (SSSR count). The van der Waals surface area contributed by atoms with E-state index in [9.17, 15) is 4.79 Å². The van der Waals surface area contributed by atoms with E-state index in [1.165, 1.54) is 5.56 Å². The molecule has 1 saturated heterocycles. The topological polar surface area (TPSA) is 63.1 Å². The lowest BCUT2D eigenvalue weighted by atomic mass is 10.1. The summed E-state index contributed by atoms with van der Waals surface area (Å²) in [5, 5.41) is 4.87. The molecule has 6 nitrogen and oxygen atoms in total. The molecule has 33 heavy (non-hydrogen) atoms. The molecule has 0 bridgehead atoms. The quantitative estimate of drug-likeness (QED) is 0.487. The van der Waals surface area contributed by atoms with Crippen LogP contribution >= 0.6 is 11.6 Å². The standard InChI is InChI=1S/C26H24ClN5O/c1-31-24-17(11-19(25(31)33)18-9-5-6-10-22(18)27)12-28-26(30-24)29-23-20-14-32(15-21(20)23)13-16-7-3-2-4-8-16/h2-12,20-21,23H,13-15H2,1H3,(H,28,29,30). The Morgan fingerprint density at radius 1 is 1.03 bits per heavy atom. The molecular formula is C26H24ClN5O. The molecule has 2 aromatic carbocycles. The molecule has 1 N–H and O–H groups in total. The van der Waals surface area contributed by atoms with Crippen molar-refractivity contribution < 1.29 is 0 Å². The monoisotopic (exact) mass is 457 g/mol. The number of hydrogen-bond acceptors (Lipinski definition) is 5. The first-order valence-electron chi connectivity index (χ1n) is 11.2. The maximum Gasteiger partial charge on any atom is 0.259 e. The smallest absolute Gasteiger partial charge is 0.259 e. The molecule has 7 heteroatoms. The Kier molecular flexibility index (Phi) is 4.93. The van der Waals surface area contributed by atoms with E-state index in [0.717, 1.165) is 30.6 Å². The van der Waals surface area contributed by atoms with E-state index >= 15 is 0 Å². The summed E-state index contributed by atoms with van der Waals surface area (Å²) in [6.45, 7) is 3.18. The Morgan fingerprint density at radius 3 is 2.52 bits per heavy atom. The Balaban J connectivity index is 1.19. The first-order chi connectivity index (χ1) is 16.1. The lowest BCUT2D eigenvalue weighted by Gasteiger charge is -2.20. The molecule has 166 valence electrons. The predicted octanol–water partition coefficient (Wildman–Crippen LogP) is 4.19. The fourth-order valence-electron chi connectivity index (χ4n) is 5.14. The number of nitrogens with zero attached hydrogens (tertiary/aromatic N) is 4. The van der Waals surface area contributed by atoms with E-state index in [0.29, 0.717) is 40.1 Å². The Hall–Kier alpha value is -3.22. The van der Waals surface area contributed by atoms with Crippen molar-refractivity contribution in [2.24, 2.45) is 18.9 Å². The van der Waals surface area contributed by atoms with Crippen LogP contribution in [-0.2, 0) is 13.6 Å². The van der Waals surface area contributed by atoms with Crippen LogP contribution in [0.25, 0.3) is 22.2 Å². The number of nitrogens with one attached hydrogen (secondary N) is 1. The Labute approximate surface area is 196 Å². The molecule has 0 radical (unpaired) electrons. The lowest BCUT2D eigenvalue weighted by molar-refractivity contribution is 0.292. The molecule has 2 atom stereocenters. The minimum Gasteiger partial charge on any atom is -0.351 e. The number of benzene rings is 2. The van der Waals surface area contributed by atoms with Gasteiger partial charge in [-0.25, -0.2) is 4.98 Å². The zero-order valence-electron chi connectivity index (χ0n) is 18.3. The number of hydrogen-bond donors (Lipinski definition) is 1. The van der Waals surface area contributed by atoms with Gasteiger partial charge in [0.25, 0.3) is 5.56 Å². The largest absolute Gasteiger partial charge is 0.351 e. The van der Waals surface area contributed by atoms with E-state index in [4.69, 9.17) is 11.6 Å². The van der Waals surface area contributed by atoms with Crippen LogP contribution in [0.5, 0.6) is 0 Å². The van der Waals surface area contributed by atoms with Crippen LogP contribution in [0.4, 0.5) is 5.95 Å². The van der Waals surface area contributed by atoms with Gasteiger partial charge >= 0.3 is 0 Å². The summed E-state index contributed by atoms with van der Waals surface area (Å²) >= 11 is 6.33. The van der Waals surface area contributed by atoms with Gasteiger partial charge in [0.1, 0.15) is 5.65 Å². The predicted molar refractivity (Wildman–Crippen MR) is 131 cm³/mol. The number of rotatable bonds is 5. The molecule has 1 aliphatic heterocycles. The fourth-order valence-corrected chi connectivity index (χ4v) is 5.37. The number of likely N-dealkylation sites (tertiary alicyclic amines) is 1. The van der Waals surface area contributed by atoms with E-state index in [1.807, 2.05) is 24.3 Å². The van der Waals surface area contributed by atoms with Crippen LogP contribution in [0.3, 0.4) is 0 Å². The summed E-state index contributed by atoms with van der Waals surface area (Å²) in [6, 6.07) is 20.2. The third-order valence-electron chi connectivity index (χ3n) is 6.93. The van der Waals surface area contributed by atoms with Gasteiger partial charge in [0.05, 0.1) is 0 Å². The van der Waals surface area contributed by atoms with Gasteiger partial charge in [0.15, 0.2) is 0 Å². The SMILES string of the molecule is Cn1c(=O)c(-c2ccccc2Cl)cc2cnc(NC3C4CN(Cc5ccccc5)CC43)nc21. The molecule has 4 aromatic rings. The second kappa shape index (κ2) is 7.97. The number of anilines is 1. The number of halogens is 1. The average Bonchev–Trinajstić information content (AvgIpc) is 3.26. The minimum atomic E-state index is -0.125. The summed E-state index contributed by atoms with van der Waals surface area (Å²) in [4.78, 5) is 24.8. The zero-order valence-corrected chi connectivity index (χ0v) is 19.0. The van der Waals surface area contributed by atoms with Gasteiger partial charge in [-0.1, -0.05) is 60.1 Å². The van der Waals surface area contributed by atoms with E-state index in [1.54, 1.807) is 23.9 Å². The van der Waals surface area contributed by atoms with Crippen LogP contribution in [0.2, 0.25) is 5.02 Å². The van der Waals surface area contributed by atoms with Gasteiger partial charge in [-0.15, -0.1) is 0 Å². The van der Waals surface area contributed by atoms with Crippen molar-refractivity contribution in [2.75, 3.05) is 18.4 Å². The van der Waals surface area contributed by atoms with Crippen molar-refractivity contribution >= 4 is 28.6 Å². The van der Waals surface area contributed by atoms with Crippen molar-refractivity contribution in [1.82, 2.24) is 19.4 Å². The van der Waals surface area contributed by atoms with Gasteiger partial charge in [-0.3, -0.25) is 14.3 Å². The van der Waals surface area contributed by atoms with Gasteiger partial charge < -0.3 is 5.32 Å². The van der Waals surface area contributed by atoms with Gasteiger partial charge in [-0.05, 0) is 29.5 Å². The molecule has 2 aromatic heterocycles. The summed E-state index contributed by atoms with van der Waals surface area (Å²) in [7, 11) is 1.75. The molecule has 0 amide bonds. The second-order valence-corrected chi connectivity index (χ2v) is 9.46. The fraction of sp³-hybridized carbons (Fsp3) is 0.269. The molecule has 1 aliphatic carbocycles. The molecule has 3 heterocycles. The number of pyridine rings is 1. The van der Waals surface area contributed by atoms with E-state index in [-0.39, 0.29) is 5.56 Å². The number of aryl methyl sites for hydroxylation is 1. The number of aromatic nitrogens is 3. The Bertz CT molecular complexity index is 1390. The van der Waals surface area contributed by atoms with Crippen LogP contribution in [0.15, 0.2) is 71.7 Å². The van der Waals surface area contributed by atoms with Crippen LogP contribution in [-0.4, -0.2) is 38.6 Å². The van der Waals surface area contributed by atoms with Crippen molar-refractivity contribution in [3.63, 3.8) is 0 Å². The zero-order chi connectivity index (χ0) is 22.5. The Morgan fingerprint density at radius 2 is 1.76 bits per heavy atom. The van der Waals surface area contributed by atoms with E-state index < -0.39 is 0 Å².